The second-order valence-corrected chi connectivity index (χ2v) is 7.03. The van der Waals surface area contributed by atoms with Crippen LogP contribution in [0.25, 0.3) is 0 Å². The second-order valence-electron chi connectivity index (χ2n) is 5.14. The largest absolute Gasteiger partial charge is 0.351 e. The van der Waals surface area contributed by atoms with Crippen LogP contribution in [0.1, 0.15) is 23.3 Å². The molecule has 0 saturated carbocycles. The standard InChI is InChI=1S/C14H21N5O3S/c1-15-23(21,22)12-9-13(18(2)10-12)14(20)17-5-3-4-7-19-8-6-16-11-19/h6,8-11,15H,3-5,7H2,1-2H3,(H,17,20). The highest BCUT2D eigenvalue weighted by atomic mass is 32.2. The molecule has 2 aromatic rings. The number of carbonyl (C=O) groups excluding carboxylic acids is 1. The maximum Gasteiger partial charge on any atom is 0.267 e. The summed E-state index contributed by atoms with van der Waals surface area (Å²) < 4.78 is 29.2. The lowest BCUT2D eigenvalue weighted by Gasteiger charge is -2.06. The van der Waals surface area contributed by atoms with E-state index in [2.05, 4.69) is 15.0 Å². The van der Waals surface area contributed by atoms with Crippen LogP contribution >= 0.6 is 0 Å². The molecule has 0 atom stereocenters. The highest BCUT2D eigenvalue weighted by Crippen LogP contribution is 2.13. The molecule has 0 radical (unpaired) electrons. The Labute approximate surface area is 135 Å². The molecule has 0 aliphatic rings. The fourth-order valence-electron chi connectivity index (χ4n) is 2.16. The predicted octanol–water partition coefficient (Wildman–Crippen LogP) is 0.340. The van der Waals surface area contributed by atoms with Crippen molar-refractivity contribution in [3.63, 3.8) is 0 Å². The Balaban J connectivity index is 1.84. The third kappa shape index (κ3) is 4.42. The fraction of sp³-hybridized carbons (Fsp3) is 0.429. The molecule has 0 aliphatic carbocycles. The minimum atomic E-state index is -3.55. The molecule has 9 heteroatoms. The van der Waals surface area contributed by atoms with Crippen molar-refractivity contribution in [2.75, 3.05) is 13.6 Å². The van der Waals surface area contributed by atoms with Gasteiger partial charge in [-0.1, -0.05) is 0 Å². The molecule has 2 rings (SSSR count). The molecule has 0 spiro atoms. The highest BCUT2D eigenvalue weighted by molar-refractivity contribution is 7.89. The van der Waals surface area contributed by atoms with Crippen molar-refractivity contribution in [2.45, 2.75) is 24.3 Å². The molecular formula is C14H21N5O3S. The van der Waals surface area contributed by atoms with Gasteiger partial charge in [-0.2, -0.15) is 0 Å². The Morgan fingerprint density at radius 2 is 2.13 bits per heavy atom. The summed E-state index contributed by atoms with van der Waals surface area (Å²) in [5, 5.41) is 2.80. The van der Waals surface area contributed by atoms with Crippen LogP contribution in [-0.2, 0) is 23.6 Å². The Morgan fingerprint density at radius 3 is 2.78 bits per heavy atom. The molecule has 1 amide bonds. The van der Waals surface area contributed by atoms with E-state index >= 15 is 0 Å². The number of hydrogen-bond donors (Lipinski definition) is 2. The summed E-state index contributed by atoms with van der Waals surface area (Å²) in [5.41, 5.74) is 0.313. The topological polar surface area (TPSA) is 98.0 Å². The molecule has 2 N–H and O–H groups in total. The lowest BCUT2D eigenvalue weighted by atomic mass is 10.3. The van der Waals surface area contributed by atoms with Crippen molar-refractivity contribution in [2.24, 2.45) is 7.05 Å². The Bertz CT molecular complexity index is 749. The van der Waals surface area contributed by atoms with Gasteiger partial charge in [0.2, 0.25) is 10.0 Å². The van der Waals surface area contributed by atoms with E-state index in [1.807, 2.05) is 10.8 Å². The van der Waals surface area contributed by atoms with Gasteiger partial charge in [-0.3, -0.25) is 4.79 Å². The van der Waals surface area contributed by atoms with Crippen molar-refractivity contribution < 1.29 is 13.2 Å². The normalized spacial score (nSPS) is 11.6. The number of carbonyl (C=O) groups is 1. The molecule has 2 aromatic heterocycles. The van der Waals surface area contributed by atoms with E-state index in [4.69, 9.17) is 0 Å². The van der Waals surface area contributed by atoms with Crippen LogP contribution in [0, 0.1) is 0 Å². The van der Waals surface area contributed by atoms with Crippen LogP contribution in [0.15, 0.2) is 35.9 Å². The fourth-order valence-corrected chi connectivity index (χ4v) is 2.95. The summed E-state index contributed by atoms with van der Waals surface area (Å²) in [6.07, 6.45) is 8.55. The van der Waals surface area contributed by atoms with Crippen LogP contribution in [0.4, 0.5) is 0 Å². The zero-order chi connectivity index (χ0) is 16.9. The van der Waals surface area contributed by atoms with E-state index in [1.54, 1.807) is 19.6 Å². The molecule has 0 aromatic carbocycles. The first-order chi connectivity index (χ1) is 10.9. The van der Waals surface area contributed by atoms with Crippen molar-refractivity contribution >= 4 is 15.9 Å². The molecule has 0 bridgehead atoms. The average Bonchev–Trinajstić information content (AvgIpc) is 3.16. The number of rotatable bonds is 8. The van der Waals surface area contributed by atoms with Crippen LogP contribution in [-0.4, -0.2) is 42.0 Å². The SMILES string of the molecule is CNS(=O)(=O)c1cc(C(=O)NCCCCn2ccnc2)n(C)c1. The van der Waals surface area contributed by atoms with E-state index in [0.29, 0.717) is 12.2 Å². The number of aryl methyl sites for hydroxylation is 2. The van der Waals surface area contributed by atoms with Gasteiger partial charge in [-0.25, -0.2) is 18.1 Å². The maximum absolute atomic E-state index is 12.1. The number of sulfonamides is 1. The maximum atomic E-state index is 12.1. The first-order valence-corrected chi connectivity index (χ1v) is 8.76. The minimum absolute atomic E-state index is 0.0766. The molecular weight excluding hydrogens is 318 g/mol. The number of amides is 1. The zero-order valence-electron chi connectivity index (χ0n) is 13.2. The van der Waals surface area contributed by atoms with Crippen LogP contribution in [0.5, 0.6) is 0 Å². The van der Waals surface area contributed by atoms with Crippen molar-refractivity contribution in [3.8, 4) is 0 Å². The lowest BCUT2D eigenvalue weighted by molar-refractivity contribution is 0.0944. The monoisotopic (exact) mass is 339 g/mol. The van der Waals surface area contributed by atoms with Crippen LogP contribution < -0.4 is 10.0 Å². The molecule has 2 heterocycles. The van der Waals surface area contributed by atoms with Gasteiger partial charge in [-0.05, 0) is 26.0 Å². The number of nitrogens with one attached hydrogen (secondary N) is 2. The second kappa shape index (κ2) is 7.42. The summed E-state index contributed by atoms with van der Waals surface area (Å²) in [6, 6.07) is 1.37. The highest BCUT2D eigenvalue weighted by Gasteiger charge is 2.18. The molecule has 0 saturated heterocycles. The van der Waals surface area contributed by atoms with E-state index in [-0.39, 0.29) is 10.8 Å². The Kier molecular flexibility index (Phi) is 5.56. The van der Waals surface area contributed by atoms with Gasteiger partial charge >= 0.3 is 0 Å². The van der Waals surface area contributed by atoms with Gasteiger partial charge in [0.15, 0.2) is 0 Å². The van der Waals surface area contributed by atoms with Gasteiger partial charge in [-0.15, -0.1) is 0 Å². The molecule has 23 heavy (non-hydrogen) atoms. The number of imidazole rings is 1. The Hall–Kier alpha value is -2.13. The summed E-state index contributed by atoms with van der Waals surface area (Å²) in [4.78, 5) is 16.2. The molecule has 0 fully saturated rings. The third-order valence-electron chi connectivity index (χ3n) is 3.48. The van der Waals surface area contributed by atoms with Crippen molar-refractivity contribution in [1.29, 1.82) is 0 Å². The summed E-state index contributed by atoms with van der Waals surface area (Å²) >= 11 is 0. The van der Waals surface area contributed by atoms with Crippen molar-refractivity contribution in [1.82, 2.24) is 24.2 Å². The van der Waals surface area contributed by atoms with E-state index < -0.39 is 10.0 Å². The molecule has 126 valence electrons. The predicted molar refractivity (Wildman–Crippen MR) is 85.5 cm³/mol. The summed E-state index contributed by atoms with van der Waals surface area (Å²) in [6.45, 7) is 1.39. The van der Waals surface area contributed by atoms with E-state index in [0.717, 1.165) is 19.4 Å². The van der Waals surface area contributed by atoms with Crippen LogP contribution in [0.2, 0.25) is 0 Å². The molecule has 8 nitrogen and oxygen atoms in total. The lowest BCUT2D eigenvalue weighted by Crippen LogP contribution is -2.26. The van der Waals surface area contributed by atoms with Gasteiger partial charge < -0.3 is 14.5 Å². The third-order valence-corrected chi connectivity index (χ3v) is 4.86. The number of hydrogen-bond acceptors (Lipinski definition) is 4. The van der Waals surface area contributed by atoms with E-state index in [9.17, 15) is 13.2 Å². The first-order valence-electron chi connectivity index (χ1n) is 7.28. The van der Waals surface area contributed by atoms with Crippen molar-refractivity contribution in [3.05, 3.63) is 36.7 Å². The van der Waals surface area contributed by atoms with Gasteiger partial charge in [0, 0.05) is 38.7 Å². The average molecular weight is 339 g/mol. The Morgan fingerprint density at radius 1 is 1.35 bits per heavy atom. The number of aromatic nitrogens is 3. The zero-order valence-corrected chi connectivity index (χ0v) is 14.0. The number of nitrogens with zero attached hydrogens (tertiary/aromatic N) is 3. The summed E-state index contributed by atoms with van der Waals surface area (Å²) in [7, 11) is -0.570. The van der Waals surface area contributed by atoms with Gasteiger partial charge in [0.1, 0.15) is 10.6 Å². The van der Waals surface area contributed by atoms with Gasteiger partial charge in [0.05, 0.1) is 6.33 Å². The molecule has 0 unspecified atom stereocenters. The smallest absolute Gasteiger partial charge is 0.267 e. The van der Waals surface area contributed by atoms with E-state index in [1.165, 1.54) is 23.9 Å². The number of unbranched alkanes of at least 4 members (excludes halogenated alkanes) is 1. The van der Waals surface area contributed by atoms with Gasteiger partial charge in [0.25, 0.3) is 5.91 Å². The molecule has 0 aliphatic heterocycles. The quantitative estimate of drug-likeness (QED) is 0.678. The minimum Gasteiger partial charge on any atom is -0.351 e. The van der Waals surface area contributed by atoms with Crippen LogP contribution in [0.3, 0.4) is 0 Å². The first kappa shape index (κ1) is 17.2. The summed E-state index contributed by atoms with van der Waals surface area (Å²) in [5.74, 6) is -0.285.